The van der Waals surface area contributed by atoms with Crippen LogP contribution in [0.4, 0.5) is 5.69 Å². The molecule has 1 aliphatic rings. The number of furan rings is 1. The van der Waals surface area contributed by atoms with Gasteiger partial charge in [-0.25, -0.2) is 0 Å². The van der Waals surface area contributed by atoms with Gasteiger partial charge in [0.1, 0.15) is 6.26 Å². The molecule has 8 heteroatoms. The number of nitrogens with zero attached hydrogens (tertiary/aromatic N) is 2. The van der Waals surface area contributed by atoms with E-state index in [9.17, 15) is 9.59 Å². The van der Waals surface area contributed by atoms with Gasteiger partial charge < -0.3 is 19.5 Å². The van der Waals surface area contributed by atoms with Gasteiger partial charge in [-0.3, -0.25) is 9.59 Å². The topological polar surface area (TPSA) is 65.8 Å². The minimum Gasteiger partial charge on any atom is -0.457 e. The lowest BCUT2D eigenvalue weighted by molar-refractivity contribution is -0.130. The van der Waals surface area contributed by atoms with Crippen LogP contribution in [0.25, 0.3) is 0 Å². The minimum absolute atomic E-state index is 0.0290. The number of anilines is 1. The molecule has 0 spiro atoms. The molecule has 1 aromatic carbocycles. The van der Waals surface area contributed by atoms with E-state index < -0.39 is 0 Å². The van der Waals surface area contributed by atoms with Crippen molar-refractivity contribution in [2.45, 2.75) is 0 Å². The number of rotatable bonds is 4. The normalized spacial score (nSPS) is 14.5. The summed E-state index contributed by atoms with van der Waals surface area (Å²) in [5.41, 5.74) is 1.43. The molecule has 2 aromatic rings. The molecule has 3 rings (SSSR count). The second kappa shape index (κ2) is 7.93. The fourth-order valence-corrected chi connectivity index (χ4v) is 3.21. The largest absolute Gasteiger partial charge is 0.457 e. The number of hydrogen-bond acceptors (Lipinski definition) is 4. The van der Waals surface area contributed by atoms with Crippen LogP contribution in [-0.2, 0) is 4.79 Å². The summed E-state index contributed by atoms with van der Waals surface area (Å²) in [4.78, 5) is 28.2. The van der Waals surface area contributed by atoms with Crippen LogP contribution < -0.4 is 10.2 Å². The molecule has 0 unspecified atom stereocenters. The Labute approximate surface area is 158 Å². The smallest absolute Gasteiger partial charge is 0.255 e. The van der Waals surface area contributed by atoms with Gasteiger partial charge in [0.25, 0.3) is 5.91 Å². The van der Waals surface area contributed by atoms with Crippen molar-refractivity contribution in [3.05, 3.63) is 51.9 Å². The summed E-state index contributed by atoms with van der Waals surface area (Å²) >= 11 is 9.16. The van der Waals surface area contributed by atoms with E-state index in [2.05, 4.69) is 26.1 Å². The molecule has 0 saturated carbocycles. The van der Waals surface area contributed by atoms with Gasteiger partial charge in [-0.15, -0.1) is 0 Å². The lowest BCUT2D eigenvalue weighted by Gasteiger charge is -2.36. The second-order valence-corrected chi connectivity index (χ2v) is 6.89. The number of benzene rings is 1. The Morgan fingerprint density at radius 3 is 2.60 bits per heavy atom. The summed E-state index contributed by atoms with van der Waals surface area (Å²) < 4.78 is 5.49. The van der Waals surface area contributed by atoms with E-state index in [1.165, 1.54) is 6.26 Å². The lowest BCUT2D eigenvalue weighted by atomic mass is 10.2. The molecular weight excluding hydrogens is 410 g/mol. The average molecular weight is 427 g/mol. The Hall–Kier alpha value is -1.99. The molecule has 1 aromatic heterocycles. The molecule has 1 fully saturated rings. The molecule has 0 radical (unpaired) electrons. The van der Waals surface area contributed by atoms with Crippen molar-refractivity contribution in [3.8, 4) is 0 Å². The highest BCUT2D eigenvalue weighted by atomic mass is 79.9. The van der Waals surface area contributed by atoms with Gasteiger partial charge in [0.05, 0.1) is 12.1 Å². The van der Waals surface area contributed by atoms with Crippen molar-refractivity contribution in [1.82, 2.24) is 10.2 Å². The van der Waals surface area contributed by atoms with Crippen molar-refractivity contribution in [2.24, 2.45) is 0 Å². The first-order valence-electron chi connectivity index (χ1n) is 7.83. The Morgan fingerprint density at radius 2 is 1.96 bits per heavy atom. The van der Waals surface area contributed by atoms with Crippen molar-refractivity contribution < 1.29 is 14.0 Å². The van der Waals surface area contributed by atoms with Crippen LogP contribution >= 0.6 is 27.5 Å². The number of amides is 2. The summed E-state index contributed by atoms with van der Waals surface area (Å²) in [5.74, 6) is -0.429. The molecule has 2 amide bonds. The second-order valence-electron chi connectivity index (χ2n) is 5.67. The molecule has 0 aliphatic carbocycles. The molecule has 1 N–H and O–H groups in total. The first-order chi connectivity index (χ1) is 12.0. The molecule has 0 bridgehead atoms. The molecule has 25 heavy (non-hydrogen) atoms. The van der Waals surface area contributed by atoms with Crippen LogP contribution in [0.3, 0.4) is 0 Å². The summed E-state index contributed by atoms with van der Waals surface area (Å²) in [6.07, 6.45) is 1.34. The number of halogens is 2. The Bertz CT molecular complexity index is 772. The van der Waals surface area contributed by atoms with Gasteiger partial charge in [-0.1, -0.05) is 17.7 Å². The van der Waals surface area contributed by atoms with Crippen molar-refractivity contribution in [2.75, 3.05) is 37.6 Å². The molecule has 1 aliphatic heterocycles. The van der Waals surface area contributed by atoms with Crippen LogP contribution in [0.2, 0.25) is 5.02 Å². The van der Waals surface area contributed by atoms with Crippen LogP contribution in [-0.4, -0.2) is 49.4 Å². The van der Waals surface area contributed by atoms with E-state index in [4.69, 9.17) is 16.0 Å². The Kier molecular flexibility index (Phi) is 5.65. The third kappa shape index (κ3) is 4.55. The monoisotopic (exact) mass is 425 g/mol. The van der Waals surface area contributed by atoms with Crippen molar-refractivity contribution in [1.29, 1.82) is 0 Å². The van der Waals surface area contributed by atoms with Crippen molar-refractivity contribution in [3.63, 3.8) is 0 Å². The van der Waals surface area contributed by atoms with Crippen LogP contribution in [0.1, 0.15) is 10.4 Å². The zero-order chi connectivity index (χ0) is 17.8. The van der Waals surface area contributed by atoms with Gasteiger partial charge in [0, 0.05) is 43.0 Å². The summed E-state index contributed by atoms with van der Waals surface area (Å²) in [6, 6.07) is 9.24. The van der Waals surface area contributed by atoms with E-state index in [-0.39, 0.29) is 18.4 Å². The number of hydrogen-bond donors (Lipinski definition) is 1. The predicted molar refractivity (Wildman–Crippen MR) is 99.0 cm³/mol. The van der Waals surface area contributed by atoms with E-state index in [0.29, 0.717) is 28.3 Å². The maximum atomic E-state index is 12.3. The number of nitrogens with one attached hydrogen (secondary N) is 1. The van der Waals surface area contributed by atoms with E-state index in [1.54, 1.807) is 11.0 Å². The highest BCUT2D eigenvalue weighted by molar-refractivity contribution is 9.10. The standard InChI is InChI=1S/C17H17BrClN3O3/c18-15-8-12(11-25-15)17(24)20-10-16(23)22-6-4-21(5-7-22)14-3-1-2-13(19)9-14/h1-3,8-9,11H,4-7,10H2,(H,20,24). The maximum Gasteiger partial charge on any atom is 0.255 e. The summed E-state index contributed by atoms with van der Waals surface area (Å²) in [5, 5.41) is 3.32. The maximum absolute atomic E-state index is 12.3. The van der Waals surface area contributed by atoms with Gasteiger partial charge in [-0.05, 0) is 34.1 Å². The molecule has 6 nitrogen and oxygen atoms in total. The number of carbonyl (C=O) groups excluding carboxylic acids is 2. The third-order valence-electron chi connectivity index (χ3n) is 4.04. The summed E-state index contributed by atoms with van der Waals surface area (Å²) in [6.45, 7) is 2.65. The fraction of sp³-hybridized carbons (Fsp3) is 0.294. The molecule has 132 valence electrons. The Morgan fingerprint density at radius 1 is 1.20 bits per heavy atom. The zero-order valence-corrected chi connectivity index (χ0v) is 15.7. The average Bonchev–Trinajstić information content (AvgIpc) is 3.06. The molecule has 1 saturated heterocycles. The SMILES string of the molecule is O=C(NCC(=O)N1CCN(c2cccc(Cl)c2)CC1)c1coc(Br)c1. The third-order valence-corrected chi connectivity index (χ3v) is 4.69. The van der Waals surface area contributed by atoms with Crippen LogP contribution in [0.5, 0.6) is 0 Å². The fourth-order valence-electron chi connectivity index (χ4n) is 2.69. The van der Waals surface area contributed by atoms with Crippen LogP contribution in [0, 0.1) is 0 Å². The first kappa shape index (κ1) is 17.8. The minimum atomic E-state index is -0.333. The molecule has 0 atom stereocenters. The van der Waals surface area contributed by atoms with E-state index >= 15 is 0 Å². The summed E-state index contributed by atoms with van der Waals surface area (Å²) in [7, 11) is 0. The van der Waals surface area contributed by atoms with Crippen molar-refractivity contribution >= 4 is 45.0 Å². The van der Waals surface area contributed by atoms with Gasteiger partial charge in [-0.2, -0.15) is 0 Å². The van der Waals surface area contributed by atoms with Gasteiger partial charge in [0.2, 0.25) is 5.91 Å². The van der Waals surface area contributed by atoms with Crippen LogP contribution in [0.15, 0.2) is 45.7 Å². The lowest BCUT2D eigenvalue weighted by Crippen LogP contribution is -2.51. The van der Waals surface area contributed by atoms with E-state index in [0.717, 1.165) is 18.8 Å². The highest BCUT2D eigenvalue weighted by Gasteiger charge is 2.22. The molecule has 2 heterocycles. The Balaban J connectivity index is 1.47. The number of carbonyl (C=O) groups is 2. The van der Waals surface area contributed by atoms with Gasteiger partial charge in [0.15, 0.2) is 4.67 Å². The highest BCUT2D eigenvalue weighted by Crippen LogP contribution is 2.20. The predicted octanol–water partition coefficient (Wildman–Crippen LogP) is 2.77. The quantitative estimate of drug-likeness (QED) is 0.816. The van der Waals surface area contributed by atoms with Gasteiger partial charge >= 0.3 is 0 Å². The zero-order valence-electron chi connectivity index (χ0n) is 13.4. The number of piperazine rings is 1. The van der Waals surface area contributed by atoms with E-state index in [1.807, 2.05) is 24.3 Å². The molecular formula is C17H17BrClN3O3. The first-order valence-corrected chi connectivity index (χ1v) is 9.00.